The number of carbonyl (C=O) groups excluding carboxylic acids is 1. The molecule has 1 N–H and O–H groups in total. The number of amides is 1. The highest BCUT2D eigenvalue weighted by molar-refractivity contribution is 6.30. The Morgan fingerprint density at radius 1 is 1.25 bits per heavy atom. The lowest BCUT2D eigenvalue weighted by atomic mass is 10.1. The van der Waals surface area contributed by atoms with Gasteiger partial charge in [-0.15, -0.1) is 0 Å². The first-order chi connectivity index (χ1) is 9.38. The molecule has 1 aliphatic rings. The van der Waals surface area contributed by atoms with Crippen LogP contribution in [0.2, 0.25) is 5.02 Å². The summed E-state index contributed by atoms with van der Waals surface area (Å²) in [5, 5.41) is 0.656. The summed E-state index contributed by atoms with van der Waals surface area (Å²) in [5.41, 5.74) is -0.862. The van der Waals surface area contributed by atoms with Gasteiger partial charge in [0.15, 0.2) is 5.60 Å². The molecule has 0 radical (unpaired) electrons. The third-order valence-electron chi connectivity index (χ3n) is 3.61. The van der Waals surface area contributed by atoms with Crippen molar-refractivity contribution in [1.29, 1.82) is 0 Å². The summed E-state index contributed by atoms with van der Waals surface area (Å²) in [6, 6.07) is 7.09. The molecule has 4 nitrogen and oxygen atoms in total. The normalized spacial score (nSPS) is 17.1. The number of rotatable bonds is 3. The molecule has 0 aliphatic carbocycles. The number of hydrogen-bond acceptors (Lipinski definition) is 2. The zero-order valence-electron chi connectivity index (χ0n) is 12.3. The van der Waals surface area contributed by atoms with Crippen molar-refractivity contribution in [3.63, 3.8) is 0 Å². The highest BCUT2D eigenvalue weighted by Gasteiger charge is 2.36. The van der Waals surface area contributed by atoms with Gasteiger partial charge in [0.2, 0.25) is 0 Å². The molecule has 0 unspecified atom stereocenters. The van der Waals surface area contributed by atoms with Crippen LogP contribution in [0.4, 0.5) is 0 Å². The summed E-state index contributed by atoms with van der Waals surface area (Å²) >= 11 is 5.85. The van der Waals surface area contributed by atoms with Crippen LogP contribution in [0.5, 0.6) is 5.75 Å². The molecule has 1 aromatic rings. The second-order valence-corrected chi connectivity index (χ2v) is 6.25. The van der Waals surface area contributed by atoms with Gasteiger partial charge in [0, 0.05) is 5.02 Å². The summed E-state index contributed by atoms with van der Waals surface area (Å²) in [5.74, 6) is 0.701. The molecule has 1 heterocycles. The Bertz CT molecular complexity index is 465. The maximum Gasteiger partial charge on any atom is 0.266 e. The number of nitrogens with zero attached hydrogens (tertiary/aromatic N) is 1. The molecule has 1 aromatic carbocycles. The van der Waals surface area contributed by atoms with E-state index in [1.165, 1.54) is 4.90 Å². The molecular weight excluding hydrogens is 276 g/mol. The number of quaternary nitrogens is 1. The molecule has 1 amide bonds. The van der Waals surface area contributed by atoms with Crippen LogP contribution in [0.25, 0.3) is 0 Å². The number of nitrogens with one attached hydrogen (secondary N) is 1. The van der Waals surface area contributed by atoms with Crippen LogP contribution in [0, 0.1) is 0 Å². The second kappa shape index (κ2) is 6.02. The van der Waals surface area contributed by atoms with E-state index in [0.29, 0.717) is 10.8 Å². The fourth-order valence-electron chi connectivity index (χ4n) is 2.31. The highest BCUT2D eigenvalue weighted by Crippen LogP contribution is 2.22. The van der Waals surface area contributed by atoms with Crippen molar-refractivity contribution >= 4 is 17.5 Å². The van der Waals surface area contributed by atoms with E-state index < -0.39 is 5.60 Å². The average molecular weight is 298 g/mol. The molecule has 110 valence electrons. The van der Waals surface area contributed by atoms with Gasteiger partial charge in [-0.2, -0.15) is 0 Å². The molecule has 20 heavy (non-hydrogen) atoms. The van der Waals surface area contributed by atoms with E-state index in [2.05, 4.69) is 7.05 Å². The van der Waals surface area contributed by atoms with E-state index in [0.717, 1.165) is 26.2 Å². The van der Waals surface area contributed by atoms with Crippen LogP contribution in [0.1, 0.15) is 13.8 Å². The lowest BCUT2D eigenvalue weighted by molar-refractivity contribution is -0.883. The molecule has 0 spiro atoms. The quantitative estimate of drug-likeness (QED) is 0.898. The Balaban J connectivity index is 2.01. The van der Waals surface area contributed by atoms with Crippen molar-refractivity contribution in [1.82, 2.24) is 4.90 Å². The molecule has 5 heteroatoms. The average Bonchev–Trinajstić information content (AvgIpc) is 2.41. The number of hydrogen-bond donors (Lipinski definition) is 1. The molecule has 0 atom stereocenters. The van der Waals surface area contributed by atoms with Gasteiger partial charge in [0.05, 0.1) is 33.2 Å². The van der Waals surface area contributed by atoms with Crippen LogP contribution in [-0.4, -0.2) is 49.6 Å². The largest absolute Gasteiger partial charge is 0.478 e. The minimum Gasteiger partial charge on any atom is -0.478 e. The number of ether oxygens (including phenoxy) is 1. The summed E-state index contributed by atoms with van der Waals surface area (Å²) < 4.78 is 5.84. The minimum atomic E-state index is -0.862. The Morgan fingerprint density at radius 2 is 1.80 bits per heavy atom. The fraction of sp³-hybridized carbons (Fsp3) is 0.533. The van der Waals surface area contributed by atoms with Crippen LogP contribution >= 0.6 is 11.6 Å². The zero-order chi connectivity index (χ0) is 14.8. The topological polar surface area (TPSA) is 34.0 Å². The fourth-order valence-corrected chi connectivity index (χ4v) is 2.44. The smallest absolute Gasteiger partial charge is 0.266 e. The summed E-state index contributed by atoms with van der Waals surface area (Å²) in [7, 11) is 2.15. The molecule has 0 aromatic heterocycles. The molecule has 1 fully saturated rings. The first kappa shape index (κ1) is 15.1. The van der Waals surface area contributed by atoms with E-state index >= 15 is 0 Å². The van der Waals surface area contributed by atoms with Gasteiger partial charge in [-0.3, -0.25) is 4.79 Å². The molecule has 1 saturated heterocycles. The third-order valence-corrected chi connectivity index (χ3v) is 3.86. The maximum atomic E-state index is 12.6. The number of benzene rings is 1. The lowest BCUT2D eigenvalue weighted by Gasteiger charge is -2.35. The summed E-state index contributed by atoms with van der Waals surface area (Å²) in [6.07, 6.45) is 0. The highest BCUT2D eigenvalue weighted by atomic mass is 35.5. The van der Waals surface area contributed by atoms with E-state index in [1.807, 2.05) is 18.7 Å². The van der Waals surface area contributed by atoms with Gasteiger partial charge in [-0.1, -0.05) is 11.6 Å². The maximum absolute atomic E-state index is 12.6. The Morgan fingerprint density at radius 3 is 2.35 bits per heavy atom. The van der Waals surface area contributed by atoms with Crippen LogP contribution < -0.4 is 9.64 Å². The monoisotopic (exact) mass is 297 g/mol. The Labute approximate surface area is 125 Å². The van der Waals surface area contributed by atoms with Gasteiger partial charge >= 0.3 is 0 Å². The second-order valence-electron chi connectivity index (χ2n) is 5.82. The van der Waals surface area contributed by atoms with Crippen LogP contribution in [0.15, 0.2) is 24.3 Å². The number of carbonyl (C=O) groups is 1. The zero-order valence-corrected chi connectivity index (χ0v) is 13.0. The Hall–Kier alpha value is -1.26. The molecule has 2 rings (SSSR count). The predicted molar refractivity (Wildman–Crippen MR) is 79.4 cm³/mol. The van der Waals surface area contributed by atoms with Gasteiger partial charge in [0.25, 0.3) is 5.91 Å². The lowest BCUT2D eigenvalue weighted by Crippen LogP contribution is -3.12. The molecule has 0 saturated carbocycles. The molecule has 1 aliphatic heterocycles. The van der Waals surface area contributed by atoms with Gasteiger partial charge in [0.1, 0.15) is 5.75 Å². The van der Waals surface area contributed by atoms with Crippen molar-refractivity contribution < 1.29 is 14.4 Å². The summed E-state index contributed by atoms with van der Waals surface area (Å²) in [6.45, 7) is 7.19. The number of halogens is 1. The first-order valence-corrected chi connectivity index (χ1v) is 7.31. The van der Waals surface area contributed by atoms with Gasteiger partial charge < -0.3 is 14.5 Å². The van der Waals surface area contributed by atoms with Gasteiger partial charge in [-0.05, 0) is 38.1 Å². The Kier molecular flexibility index (Phi) is 4.55. The van der Waals surface area contributed by atoms with E-state index in [1.54, 1.807) is 24.3 Å². The van der Waals surface area contributed by atoms with E-state index in [4.69, 9.17) is 16.3 Å². The van der Waals surface area contributed by atoms with Crippen molar-refractivity contribution in [3.8, 4) is 5.75 Å². The van der Waals surface area contributed by atoms with E-state index in [9.17, 15) is 4.79 Å². The van der Waals surface area contributed by atoms with Crippen molar-refractivity contribution in [2.24, 2.45) is 0 Å². The molecular formula is C15H22ClN2O2+. The van der Waals surface area contributed by atoms with Crippen LogP contribution in [0.3, 0.4) is 0 Å². The van der Waals surface area contributed by atoms with Crippen molar-refractivity contribution in [3.05, 3.63) is 29.3 Å². The van der Waals surface area contributed by atoms with Gasteiger partial charge in [-0.25, -0.2) is 0 Å². The standard InChI is InChI=1S/C15H21ClN2O2/c1-15(2,20-13-6-4-12(16)5-7-13)14(19)18-10-8-17(3)9-11-18/h4-7H,8-11H2,1-3H3/p+1. The third kappa shape index (κ3) is 3.64. The number of piperazine rings is 1. The predicted octanol–water partition coefficient (Wildman–Crippen LogP) is 0.854. The number of likely N-dealkylation sites (N-methyl/N-ethyl adjacent to an activating group) is 1. The van der Waals surface area contributed by atoms with Crippen molar-refractivity contribution in [2.45, 2.75) is 19.4 Å². The van der Waals surface area contributed by atoms with Crippen LogP contribution in [-0.2, 0) is 4.79 Å². The summed E-state index contributed by atoms with van der Waals surface area (Å²) in [4.78, 5) is 15.9. The van der Waals surface area contributed by atoms with Crippen molar-refractivity contribution in [2.75, 3.05) is 33.2 Å². The first-order valence-electron chi connectivity index (χ1n) is 6.94. The SMILES string of the molecule is C[NH+]1CCN(C(=O)C(C)(C)Oc2ccc(Cl)cc2)CC1. The van der Waals surface area contributed by atoms with E-state index in [-0.39, 0.29) is 5.91 Å². The molecule has 0 bridgehead atoms. The minimum absolute atomic E-state index is 0.0416.